The van der Waals surface area contributed by atoms with Crippen LogP contribution >= 0.6 is 0 Å². The van der Waals surface area contributed by atoms with Crippen LogP contribution in [0.1, 0.15) is 31.9 Å². The quantitative estimate of drug-likeness (QED) is 0.786. The fourth-order valence-electron chi connectivity index (χ4n) is 1.87. The molecule has 2 atom stereocenters. The summed E-state index contributed by atoms with van der Waals surface area (Å²) in [4.78, 5) is 11.7. The van der Waals surface area contributed by atoms with Gasteiger partial charge in [0.15, 0.2) is 11.5 Å². The molecule has 1 rings (SSSR count). The van der Waals surface area contributed by atoms with Crippen LogP contribution in [-0.2, 0) is 4.79 Å². The maximum Gasteiger partial charge on any atom is 0.239 e. The average molecular weight is 266 g/mol. The largest absolute Gasteiger partial charge is 0.493 e. The number of carbonyl (C=O) groups is 1. The summed E-state index contributed by atoms with van der Waals surface area (Å²) in [5.74, 6) is 0.675. The van der Waals surface area contributed by atoms with Gasteiger partial charge in [-0.3, -0.25) is 10.1 Å². The number of carbonyl (C=O) groups excluding carboxylic acids is 1. The van der Waals surface area contributed by atoms with E-state index < -0.39 is 11.9 Å². The molecule has 19 heavy (non-hydrogen) atoms. The minimum atomic E-state index is -0.597. The Labute approximate surface area is 114 Å². The van der Waals surface area contributed by atoms with E-state index in [9.17, 15) is 4.79 Å². The Balaban J connectivity index is 3.18. The van der Waals surface area contributed by atoms with Crippen molar-refractivity contribution < 1.29 is 14.3 Å². The fourth-order valence-corrected chi connectivity index (χ4v) is 1.87. The van der Waals surface area contributed by atoms with Gasteiger partial charge in [0.05, 0.1) is 14.2 Å². The van der Waals surface area contributed by atoms with E-state index >= 15 is 0 Å². The zero-order valence-electron chi connectivity index (χ0n) is 11.9. The van der Waals surface area contributed by atoms with Gasteiger partial charge in [-0.25, -0.2) is 0 Å². The highest BCUT2D eigenvalue weighted by atomic mass is 16.5. The SMILES string of the molecule is CCC(C)NC(C(N)=O)c1cccc(OC)c1OC. The van der Waals surface area contributed by atoms with Crippen molar-refractivity contribution in [3.05, 3.63) is 23.8 Å². The highest BCUT2D eigenvalue weighted by Crippen LogP contribution is 2.34. The second-order valence-electron chi connectivity index (χ2n) is 4.39. The van der Waals surface area contributed by atoms with Crippen LogP contribution in [0.15, 0.2) is 18.2 Å². The van der Waals surface area contributed by atoms with Crippen LogP contribution < -0.4 is 20.5 Å². The molecule has 0 radical (unpaired) electrons. The van der Waals surface area contributed by atoms with Crippen molar-refractivity contribution in [2.75, 3.05) is 14.2 Å². The van der Waals surface area contributed by atoms with E-state index in [1.807, 2.05) is 26.0 Å². The van der Waals surface area contributed by atoms with Crippen molar-refractivity contribution >= 4 is 5.91 Å². The molecule has 5 nitrogen and oxygen atoms in total. The number of para-hydroxylation sites is 1. The number of amides is 1. The molecule has 1 aromatic rings. The van der Waals surface area contributed by atoms with Crippen LogP contribution in [-0.4, -0.2) is 26.2 Å². The number of rotatable bonds is 7. The lowest BCUT2D eigenvalue weighted by atomic mass is 10.0. The summed E-state index contributed by atoms with van der Waals surface area (Å²) in [5.41, 5.74) is 6.18. The predicted molar refractivity (Wildman–Crippen MR) is 74.4 cm³/mol. The predicted octanol–water partition coefficient (Wildman–Crippen LogP) is 1.62. The van der Waals surface area contributed by atoms with E-state index in [0.717, 1.165) is 6.42 Å². The Bertz CT molecular complexity index is 435. The number of hydrogen-bond acceptors (Lipinski definition) is 4. The molecule has 1 amide bonds. The summed E-state index contributed by atoms with van der Waals surface area (Å²) in [5, 5.41) is 3.20. The Morgan fingerprint density at radius 3 is 2.53 bits per heavy atom. The summed E-state index contributed by atoms with van der Waals surface area (Å²) in [6.07, 6.45) is 0.899. The smallest absolute Gasteiger partial charge is 0.239 e. The van der Waals surface area contributed by atoms with Gasteiger partial charge >= 0.3 is 0 Å². The van der Waals surface area contributed by atoms with Crippen molar-refractivity contribution in [1.82, 2.24) is 5.32 Å². The van der Waals surface area contributed by atoms with Crippen molar-refractivity contribution in [2.45, 2.75) is 32.4 Å². The standard InChI is InChI=1S/C14H22N2O3/c1-5-9(2)16-12(14(15)17)10-7-6-8-11(18-3)13(10)19-4/h6-9,12,16H,5H2,1-4H3,(H2,15,17). The van der Waals surface area contributed by atoms with Crippen LogP contribution in [0.3, 0.4) is 0 Å². The van der Waals surface area contributed by atoms with E-state index in [0.29, 0.717) is 17.1 Å². The number of nitrogens with two attached hydrogens (primary N) is 1. The molecule has 0 saturated heterocycles. The van der Waals surface area contributed by atoms with Gasteiger partial charge in [-0.2, -0.15) is 0 Å². The summed E-state index contributed by atoms with van der Waals surface area (Å²) in [7, 11) is 3.10. The van der Waals surface area contributed by atoms with Gasteiger partial charge in [0.1, 0.15) is 6.04 Å². The monoisotopic (exact) mass is 266 g/mol. The van der Waals surface area contributed by atoms with Gasteiger partial charge in [0.25, 0.3) is 0 Å². The molecule has 0 saturated carbocycles. The topological polar surface area (TPSA) is 73.6 Å². The van der Waals surface area contributed by atoms with Gasteiger partial charge in [0.2, 0.25) is 5.91 Å². The molecule has 0 aliphatic heterocycles. The molecule has 0 aliphatic carbocycles. The lowest BCUT2D eigenvalue weighted by Crippen LogP contribution is -2.38. The van der Waals surface area contributed by atoms with Gasteiger partial charge in [-0.05, 0) is 19.4 Å². The molecule has 0 spiro atoms. The number of hydrogen-bond donors (Lipinski definition) is 2. The van der Waals surface area contributed by atoms with Gasteiger partial charge < -0.3 is 15.2 Å². The third kappa shape index (κ3) is 3.61. The van der Waals surface area contributed by atoms with Crippen LogP contribution in [0.5, 0.6) is 11.5 Å². The maximum atomic E-state index is 11.7. The molecule has 0 bridgehead atoms. The van der Waals surface area contributed by atoms with Crippen molar-refractivity contribution in [2.24, 2.45) is 5.73 Å². The van der Waals surface area contributed by atoms with E-state index in [1.165, 1.54) is 0 Å². The minimum absolute atomic E-state index is 0.174. The van der Waals surface area contributed by atoms with E-state index in [4.69, 9.17) is 15.2 Å². The van der Waals surface area contributed by atoms with Crippen molar-refractivity contribution in [3.63, 3.8) is 0 Å². The summed E-state index contributed by atoms with van der Waals surface area (Å²) in [6.45, 7) is 4.04. The summed E-state index contributed by atoms with van der Waals surface area (Å²) in [6, 6.07) is 4.98. The lowest BCUT2D eigenvalue weighted by molar-refractivity contribution is -0.120. The van der Waals surface area contributed by atoms with Crippen molar-refractivity contribution in [1.29, 1.82) is 0 Å². The van der Waals surface area contributed by atoms with E-state index in [-0.39, 0.29) is 6.04 Å². The molecule has 5 heteroatoms. The lowest BCUT2D eigenvalue weighted by Gasteiger charge is -2.23. The van der Waals surface area contributed by atoms with Crippen LogP contribution in [0, 0.1) is 0 Å². The molecular formula is C14H22N2O3. The van der Waals surface area contributed by atoms with Gasteiger partial charge in [-0.15, -0.1) is 0 Å². The highest BCUT2D eigenvalue weighted by molar-refractivity contribution is 5.82. The molecule has 3 N–H and O–H groups in total. The minimum Gasteiger partial charge on any atom is -0.493 e. The zero-order chi connectivity index (χ0) is 14.4. The Kier molecular flexibility index (Phi) is 5.63. The Morgan fingerprint density at radius 1 is 1.37 bits per heavy atom. The first-order valence-corrected chi connectivity index (χ1v) is 6.31. The molecule has 0 fully saturated rings. The first kappa shape index (κ1) is 15.3. The maximum absolute atomic E-state index is 11.7. The molecule has 106 valence electrons. The summed E-state index contributed by atoms with van der Waals surface area (Å²) < 4.78 is 10.6. The van der Waals surface area contributed by atoms with Gasteiger partial charge in [-0.1, -0.05) is 19.1 Å². The van der Waals surface area contributed by atoms with Crippen LogP contribution in [0.4, 0.5) is 0 Å². The average Bonchev–Trinajstić information content (AvgIpc) is 2.42. The molecule has 2 unspecified atom stereocenters. The first-order chi connectivity index (χ1) is 9.04. The fraction of sp³-hybridized carbons (Fsp3) is 0.500. The second-order valence-corrected chi connectivity index (χ2v) is 4.39. The third-order valence-electron chi connectivity index (χ3n) is 3.09. The Hall–Kier alpha value is -1.75. The number of ether oxygens (including phenoxy) is 2. The highest BCUT2D eigenvalue weighted by Gasteiger charge is 2.24. The van der Waals surface area contributed by atoms with E-state index in [2.05, 4.69) is 5.32 Å². The molecular weight excluding hydrogens is 244 g/mol. The van der Waals surface area contributed by atoms with Crippen LogP contribution in [0.2, 0.25) is 0 Å². The zero-order valence-corrected chi connectivity index (χ0v) is 11.9. The van der Waals surface area contributed by atoms with Crippen molar-refractivity contribution in [3.8, 4) is 11.5 Å². The van der Waals surface area contributed by atoms with Gasteiger partial charge in [0, 0.05) is 11.6 Å². The molecule has 1 aromatic carbocycles. The molecule has 0 heterocycles. The number of nitrogens with one attached hydrogen (secondary N) is 1. The number of methoxy groups -OCH3 is 2. The first-order valence-electron chi connectivity index (χ1n) is 6.31. The van der Waals surface area contributed by atoms with E-state index in [1.54, 1.807) is 20.3 Å². The normalized spacial score (nSPS) is 13.7. The summed E-state index contributed by atoms with van der Waals surface area (Å²) >= 11 is 0. The third-order valence-corrected chi connectivity index (χ3v) is 3.09. The Morgan fingerprint density at radius 2 is 2.05 bits per heavy atom. The molecule has 0 aliphatic rings. The number of primary amides is 1. The second kappa shape index (κ2) is 6.99. The number of benzene rings is 1. The van der Waals surface area contributed by atoms with Crippen LogP contribution in [0.25, 0.3) is 0 Å². The molecule has 0 aromatic heterocycles.